The molecular weight excluding hydrogens is 847 g/mol. The van der Waals surface area contributed by atoms with Gasteiger partial charge in [0, 0.05) is 33.4 Å². The minimum absolute atomic E-state index is 0.224. The first-order valence-electron chi connectivity index (χ1n) is 24.8. The first kappa shape index (κ1) is 40.6. The van der Waals surface area contributed by atoms with Crippen LogP contribution in [0.1, 0.15) is 63.8 Å². The quantitative estimate of drug-likeness (QED) is 0.151. The molecule has 0 spiro atoms. The third-order valence-electron chi connectivity index (χ3n) is 16.0. The second-order valence-corrected chi connectivity index (χ2v) is 19.3. The third kappa shape index (κ3) is 5.86. The van der Waals surface area contributed by atoms with Crippen molar-refractivity contribution in [3.8, 4) is 22.3 Å². The molecule has 14 rings (SSSR count). The SMILES string of the molecule is C1=CCC(C2(c3ccccc3)c3ccccc3-c3ccc(N(C4=CC=C(c5cccc6c5oc5ccccc56)CC4)c4ccc5c(c4)C(c4ccccc4)(c4ccccc4)c4ccccc4-5)cc32)C=C1. The highest BCUT2D eigenvalue weighted by molar-refractivity contribution is 6.08. The second-order valence-electron chi connectivity index (χ2n) is 19.3. The zero-order valence-corrected chi connectivity index (χ0v) is 38.8. The number of hydrogen-bond acceptors (Lipinski definition) is 2. The van der Waals surface area contributed by atoms with Gasteiger partial charge in [0.2, 0.25) is 0 Å². The Morgan fingerprint density at radius 3 is 1.69 bits per heavy atom. The number of anilines is 2. The molecule has 4 aliphatic carbocycles. The summed E-state index contributed by atoms with van der Waals surface area (Å²) >= 11 is 0. The Morgan fingerprint density at radius 1 is 0.429 bits per heavy atom. The zero-order valence-electron chi connectivity index (χ0n) is 38.8. The summed E-state index contributed by atoms with van der Waals surface area (Å²) in [6.45, 7) is 0. The van der Waals surface area contributed by atoms with Crippen molar-refractivity contribution in [2.45, 2.75) is 30.1 Å². The van der Waals surface area contributed by atoms with Crippen LogP contribution in [0, 0.1) is 5.92 Å². The monoisotopic (exact) mass is 895 g/mol. The highest BCUT2D eigenvalue weighted by Gasteiger charge is 2.50. The molecule has 0 radical (unpaired) electrons. The van der Waals surface area contributed by atoms with E-state index in [2.05, 4.69) is 260 Å². The van der Waals surface area contributed by atoms with Crippen LogP contribution in [0.3, 0.4) is 0 Å². The van der Waals surface area contributed by atoms with Gasteiger partial charge in [-0.15, -0.1) is 0 Å². The fraction of sp³-hybridized carbons (Fsp3) is 0.0882. The molecule has 2 heteroatoms. The lowest BCUT2D eigenvalue weighted by Gasteiger charge is -2.40. The van der Waals surface area contributed by atoms with Gasteiger partial charge in [0.15, 0.2) is 0 Å². The number of furan rings is 1. The number of para-hydroxylation sites is 2. The van der Waals surface area contributed by atoms with Gasteiger partial charge >= 0.3 is 0 Å². The van der Waals surface area contributed by atoms with Crippen LogP contribution in [-0.4, -0.2) is 0 Å². The van der Waals surface area contributed by atoms with E-state index >= 15 is 0 Å². The van der Waals surface area contributed by atoms with E-state index in [1.807, 2.05) is 0 Å². The molecule has 10 aromatic rings. The predicted molar refractivity (Wildman–Crippen MR) is 289 cm³/mol. The average Bonchev–Trinajstić information content (AvgIpc) is 4.07. The molecule has 2 unspecified atom stereocenters. The van der Waals surface area contributed by atoms with Gasteiger partial charge in [-0.3, -0.25) is 0 Å². The summed E-state index contributed by atoms with van der Waals surface area (Å²) in [6, 6.07) is 81.4. The Labute approximate surface area is 409 Å². The van der Waals surface area contributed by atoms with Gasteiger partial charge in [0.1, 0.15) is 11.2 Å². The molecule has 0 N–H and O–H groups in total. The molecule has 1 aromatic heterocycles. The molecule has 70 heavy (non-hydrogen) atoms. The zero-order chi connectivity index (χ0) is 46.2. The lowest BCUT2D eigenvalue weighted by atomic mass is 9.62. The van der Waals surface area contributed by atoms with Crippen molar-refractivity contribution in [1.29, 1.82) is 0 Å². The van der Waals surface area contributed by atoms with Crippen LogP contribution in [0.25, 0.3) is 49.8 Å². The van der Waals surface area contributed by atoms with Crippen molar-refractivity contribution in [3.05, 3.63) is 305 Å². The van der Waals surface area contributed by atoms with Gasteiger partial charge in [-0.25, -0.2) is 0 Å². The summed E-state index contributed by atoms with van der Waals surface area (Å²) in [5.74, 6) is 0.224. The summed E-state index contributed by atoms with van der Waals surface area (Å²) in [6.07, 6.45) is 16.7. The Morgan fingerprint density at radius 2 is 1.00 bits per heavy atom. The number of fused-ring (bicyclic) bond motifs is 9. The molecule has 9 aromatic carbocycles. The van der Waals surface area contributed by atoms with Crippen LogP contribution < -0.4 is 4.90 Å². The molecule has 0 fully saturated rings. The van der Waals surface area contributed by atoms with Gasteiger partial charge in [-0.05, 0) is 128 Å². The number of hydrogen-bond donors (Lipinski definition) is 0. The summed E-state index contributed by atoms with van der Waals surface area (Å²) in [5.41, 5.74) is 21.3. The van der Waals surface area contributed by atoms with E-state index in [9.17, 15) is 0 Å². The number of nitrogens with zero attached hydrogens (tertiary/aromatic N) is 1. The maximum atomic E-state index is 6.61. The molecule has 2 atom stereocenters. The largest absolute Gasteiger partial charge is 0.455 e. The van der Waals surface area contributed by atoms with E-state index in [0.29, 0.717) is 0 Å². The Kier molecular flexibility index (Phi) is 9.32. The summed E-state index contributed by atoms with van der Waals surface area (Å²) in [7, 11) is 0. The van der Waals surface area contributed by atoms with E-state index in [-0.39, 0.29) is 5.92 Å². The van der Waals surface area contributed by atoms with Crippen LogP contribution in [0.15, 0.2) is 265 Å². The van der Waals surface area contributed by atoms with Crippen molar-refractivity contribution >= 4 is 38.9 Å². The van der Waals surface area contributed by atoms with E-state index < -0.39 is 10.8 Å². The fourth-order valence-electron chi connectivity index (χ4n) is 13.1. The molecule has 1 heterocycles. The van der Waals surface area contributed by atoms with Gasteiger partial charge in [-0.2, -0.15) is 0 Å². The van der Waals surface area contributed by atoms with Crippen LogP contribution in [0.4, 0.5) is 11.4 Å². The predicted octanol–water partition coefficient (Wildman–Crippen LogP) is 17.3. The van der Waals surface area contributed by atoms with Gasteiger partial charge in [0.05, 0.1) is 10.8 Å². The average molecular weight is 896 g/mol. The first-order valence-corrected chi connectivity index (χ1v) is 24.8. The molecular formula is C68H49NO. The van der Waals surface area contributed by atoms with Gasteiger partial charge < -0.3 is 9.32 Å². The fourth-order valence-corrected chi connectivity index (χ4v) is 13.1. The Hall–Kier alpha value is -8.46. The second kappa shape index (κ2) is 16.1. The van der Waals surface area contributed by atoms with Crippen molar-refractivity contribution in [3.63, 3.8) is 0 Å². The van der Waals surface area contributed by atoms with E-state index in [0.717, 1.165) is 52.6 Å². The van der Waals surface area contributed by atoms with Crippen LogP contribution in [0.5, 0.6) is 0 Å². The lowest BCUT2D eigenvalue weighted by molar-refractivity contribution is 0.457. The van der Waals surface area contributed by atoms with Gasteiger partial charge in [-0.1, -0.05) is 218 Å². The molecule has 0 saturated heterocycles. The van der Waals surface area contributed by atoms with E-state index in [1.165, 1.54) is 78.0 Å². The number of allylic oxidation sites excluding steroid dienone is 8. The molecule has 332 valence electrons. The lowest BCUT2D eigenvalue weighted by Crippen LogP contribution is -2.35. The Bertz CT molecular complexity index is 3770. The molecule has 4 aliphatic rings. The van der Waals surface area contributed by atoms with Crippen LogP contribution in [-0.2, 0) is 10.8 Å². The molecule has 0 saturated carbocycles. The molecule has 2 nitrogen and oxygen atoms in total. The highest BCUT2D eigenvalue weighted by Crippen LogP contribution is 2.60. The van der Waals surface area contributed by atoms with Crippen LogP contribution >= 0.6 is 0 Å². The van der Waals surface area contributed by atoms with Crippen LogP contribution in [0.2, 0.25) is 0 Å². The first-order chi connectivity index (χ1) is 34.7. The Balaban J connectivity index is 1.01. The van der Waals surface area contributed by atoms with Crippen molar-refractivity contribution in [1.82, 2.24) is 0 Å². The molecule has 0 bridgehead atoms. The van der Waals surface area contributed by atoms with Gasteiger partial charge in [0.25, 0.3) is 0 Å². The third-order valence-corrected chi connectivity index (χ3v) is 16.0. The standard InChI is InChI=1S/C68H49NO/c1-5-20-47(21-6-1)67(48-22-7-2-8-23-48)61-33-16-13-28-55(61)57-42-40-52(44-63(57)67)69(51-38-36-46(37-39-51)54-31-19-32-60-59-30-15-18-35-65(59)70-66(54)60)53-41-43-58-56-29-14-17-34-62(56)68(64(58)45-53,49-24-9-3-10-25-49)50-26-11-4-12-27-50/h1-26,28-36,38,40-45,50H,27,37,39H2. The number of rotatable bonds is 8. The summed E-state index contributed by atoms with van der Waals surface area (Å²) in [4.78, 5) is 2.58. The summed E-state index contributed by atoms with van der Waals surface area (Å²) in [5, 5.41) is 2.32. The van der Waals surface area contributed by atoms with E-state index in [4.69, 9.17) is 4.42 Å². The molecule has 0 aliphatic heterocycles. The smallest absolute Gasteiger partial charge is 0.142 e. The maximum Gasteiger partial charge on any atom is 0.142 e. The normalized spacial score (nSPS) is 18.2. The van der Waals surface area contributed by atoms with E-state index in [1.54, 1.807) is 0 Å². The maximum absolute atomic E-state index is 6.61. The summed E-state index contributed by atoms with van der Waals surface area (Å²) < 4.78 is 6.61. The van der Waals surface area contributed by atoms with Crippen molar-refractivity contribution < 1.29 is 4.42 Å². The minimum Gasteiger partial charge on any atom is -0.455 e. The topological polar surface area (TPSA) is 16.4 Å². The minimum atomic E-state index is -0.529. The highest BCUT2D eigenvalue weighted by atomic mass is 16.3. The van der Waals surface area contributed by atoms with Crippen molar-refractivity contribution in [2.75, 3.05) is 4.90 Å². The number of benzene rings is 9. The molecule has 0 amide bonds. The van der Waals surface area contributed by atoms with Crippen molar-refractivity contribution in [2.24, 2.45) is 5.92 Å².